The topological polar surface area (TPSA) is 66.4 Å². The molecule has 2 N–H and O–H groups in total. The molecule has 0 aromatic heterocycles. The van der Waals surface area contributed by atoms with Crippen molar-refractivity contribution in [3.8, 4) is 16.9 Å². The van der Waals surface area contributed by atoms with Crippen molar-refractivity contribution >= 4 is 21.8 Å². The van der Waals surface area contributed by atoms with Crippen LogP contribution in [-0.4, -0.2) is 15.2 Å². The highest BCUT2D eigenvalue weighted by Crippen LogP contribution is 2.44. The molecule has 1 unspecified atom stereocenters. The Morgan fingerprint density at radius 2 is 1.85 bits per heavy atom. The number of hydrogen-bond acceptors (Lipinski definition) is 3. The minimum Gasteiger partial charge on any atom is -0.507 e. The lowest BCUT2D eigenvalue weighted by atomic mass is 9.89. The Hall–Kier alpha value is -3.18. The molecule has 4 nitrogen and oxygen atoms in total. The third-order valence-electron chi connectivity index (χ3n) is 6.52. The van der Waals surface area contributed by atoms with Gasteiger partial charge in [0.05, 0.1) is 4.91 Å². The molecule has 1 heterocycles. The van der Waals surface area contributed by atoms with Crippen LogP contribution in [0.2, 0.25) is 0 Å². The number of carbonyl (C=O) groups is 1. The molecule has 2 atom stereocenters. The second kappa shape index (κ2) is 8.64. The van der Waals surface area contributed by atoms with Crippen LogP contribution in [0.25, 0.3) is 16.0 Å². The van der Waals surface area contributed by atoms with Crippen LogP contribution >= 0.6 is 0 Å². The van der Waals surface area contributed by atoms with E-state index in [0.29, 0.717) is 16.4 Å². The maximum absolute atomic E-state index is 12.1. The van der Waals surface area contributed by atoms with Crippen molar-refractivity contribution in [3.05, 3.63) is 94.6 Å². The number of amides is 1. The molecule has 0 saturated carbocycles. The minimum absolute atomic E-state index is 0.0499. The molecule has 2 aliphatic rings. The highest BCUT2D eigenvalue weighted by Gasteiger charge is 2.28. The first kappa shape index (κ1) is 21.7. The molecule has 3 aromatic rings. The van der Waals surface area contributed by atoms with E-state index in [0.717, 1.165) is 24.8 Å². The van der Waals surface area contributed by atoms with Crippen molar-refractivity contribution in [1.82, 2.24) is 4.72 Å². The molecule has 5 heteroatoms. The summed E-state index contributed by atoms with van der Waals surface area (Å²) < 4.78 is 14.4. The summed E-state index contributed by atoms with van der Waals surface area (Å²) in [7, 11) is -1.62. The van der Waals surface area contributed by atoms with Gasteiger partial charge in [-0.05, 0) is 70.7 Å². The van der Waals surface area contributed by atoms with E-state index in [1.54, 1.807) is 12.1 Å². The van der Waals surface area contributed by atoms with Crippen LogP contribution in [0, 0.1) is 5.92 Å². The molecule has 1 aliphatic heterocycles. The number of carbonyl (C=O) groups excluding carboxylic acids is 1. The minimum atomic E-state index is -1.62. The maximum atomic E-state index is 12.1. The van der Waals surface area contributed by atoms with E-state index in [2.05, 4.69) is 61.0 Å². The van der Waals surface area contributed by atoms with Crippen molar-refractivity contribution < 1.29 is 14.1 Å². The van der Waals surface area contributed by atoms with E-state index in [1.807, 2.05) is 6.07 Å². The zero-order valence-corrected chi connectivity index (χ0v) is 19.6. The molecular formula is C28H27NO3S. The predicted octanol–water partition coefficient (Wildman–Crippen LogP) is 5.47. The van der Waals surface area contributed by atoms with E-state index in [4.69, 9.17) is 0 Å². The molecular weight excluding hydrogens is 430 g/mol. The zero-order chi connectivity index (χ0) is 23.1. The Balaban J connectivity index is 1.45. The number of phenolic OH excluding ortho intramolecular Hbond substituents is 1. The number of fused-ring (bicyclic) bond motifs is 1. The zero-order valence-electron chi connectivity index (χ0n) is 18.8. The number of benzene rings is 3. The van der Waals surface area contributed by atoms with Gasteiger partial charge in [-0.3, -0.25) is 9.52 Å². The van der Waals surface area contributed by atoms with E-state index >= 15 is 0 Å². The number of phenols is 1. The molecule has 168 valence electrons. The number of aromatic hydroxyl groups is 1. The van der Waals surface area contributed by atoms with E-state index in [1.165, 1.54) is 33.9 Å². The standard InChI is InChI=1S/C28H27NO3S/c1-17(2)14-18-6-8-19(9-7-18)21-4-3-5-23-22(12-13-24(21)23)20-10-11-25(26(30)15-20)27-16-28(31)29-33(27)32/h3-11,15-17,22,30H,12-14H2,1-2H3,(H,29,31)/t22-,33?/m1/s1. The van der Waals surface area contributed by atoms with Crippen LogP contribution in [0.15, 0.2) is 66.7 Å². The molecule has 0 fully saturated rings. The van der Waals surface area contributed by atoms with Crippen molar-refractivity contribution in [2.75, 3.05) is 0 Å². The summed E-state index contributed by atoms with van der Waals surface area (Å²) in [5.41, 5.74) is 8.02. The summed E-state index contributed by atoms with van der Waals surface area (Å²) in [4.78, 5) is 11.8. The number of rotatable bonds is 5. The predicted molar refractivity (Wildman–Crippen MR) is 133 cm³/mol. The first-order valence-corrected chi connectivity index (χ1v) is 12.5. The van der Waals surface area contributed by atoms with E-state index in [9.17, 15) is 14.1 Å². The maximum Gasteiger partial charge on any atom is 0.257 e. The van der Waals surface area contributed by atoms with E-state index < -0.39 is 16.9 Å². The van der Waals surface area contributed by atoms with Gasteiger partial charge in [0.2, 0.25) is 0 Å². The molecule has 33 heavy (non-hydrogen) atoms. The van der Waals surface area contributed by atoms with Crippen LogP contribution in [0.5, 0.6) is 5.75 Å². The molecule has 0 saturated heterocycles. The third-order valence-corrected chi connectivity index (χ3v) is 7.65. The van der Waals surface area contributed by atoms with Gasteiger partial charge in [0.1, 0.15) is 5.75 Å². The highest BCUT2D eigenvalue weighted by atomic mass is 32.2. The lowest BCUT2D eigenvalue weighted by molar-refractivity contribution is -0.114. The van der Waals surface area contributed by atoms with Crippen LogP contribution in [0.3, 0.4) is 0 Å². The van der Waals surface area contributed by atoms with Crippen LogP contribution in [0.1, 0.15) is 54.0 Å². The average molecular weight is 458 g/mol. The first-order valence-electron chi connectivity index (χ1n) is 11.4. The SMILES string of the molecule is CC(C)Cc1ccc(-c2cccc3c2CC[C@@H]3c2ccc(C3=CC(=O)NS3=O)c(O)c2)cc1. The quantitative estimate of drug-likeness (QED) is 0.534. The van der Waals surface area contributed by atoms with Gasteiger partial charge in [-0.2, -0.15) is 0 Å². The van der Waals surface area contributed by atoms with Gasteiger partial charge in [0.15, 0.2) is 11.0 Å². The average Bonchev–Trinajstić information content (AvgIpc) is 3.36. The van der Waals surface area contributed by atoms with Gasteiger partial charge in [-0.15, -0.1) is 0 Å². The van der Waals surface area contributed by atoms with Gasteiger partial charge >= 0.3 is 0 Å². The highest BCUT2D eigenvalue weighted by molar-refractivity contribution is 7.94. The Labute approximate surface area is 197 Å². The molecule has 1 amide bonds. The molecule has 3 aromatic carbocycles. The fourth-order valence-electron chi connectivity index (χ4n) is 5.06. The normalized spacial score (nSPS) is 19.5. The van der Waals surface area contributed by atoms with Crippen LogP contribution in [0.4, 0.5) is 0 Å². The molecule has 0 radical (unpaired) electrons. The lowest BCUT2D eigenvalue weighted by Gasteiger charge is -2.16. The Kier molecular flexibility index (Phi) is 5.67. The number of nitrogens with one attached hydrogen (secondary N) is 1. The monoisotopic (exact) mass is 457 g/mol. The van der Waals surface area contributed by atoms with Crippen molar-refractivity contribution in [1.29, 1.82) is 0 Å². The van der Waals surface area contributed by atoms with Gasteiger partial charge in [-0.1, -0.05) is 62.4 Å². The van der Waals surface area contributed by atoms with Crippen molar-refractivity contribution in [3.63, 3.8) is 0 Å². The second-order valence-corrected chi connectivity index (χ2v) is 10.5. The Morgan fingerprint density at radius 3 is 2.52 bits per heavy atom. The Bertz CT molecular complexity index is 1290. The van der Waals surface area contributed by atoms with Gasteiger partial charge < -0.3 is 5.11 Å². The van der Waals surface area contributed by atoms with Gasteiger partial charge in [0.25, 0.3) is 5.91 Å². The summed E-state index contributed by atoms with van der Waals surface area (Å²) in [6.07, 6.45) is 4.34. The second-order valence-electron chi connectivity index (χ2n) is 9.28. The van der Waals surface area contributed by atoms with Crippen molar-refractivity contribution in [2.24, 2.45) is 5.92 Å². The Morgan fingerprint density at radius 1 is 1.06 bits per heavy atom. The molecule has 1 aliphatic carbocycles. The molecule has 0 bridgehead atoms. The summed E-state index contributed by atoms with van der Waals surface area (Å²) in [5, 5.41) is 10.7. The summed E-state index contributed by atoms with van der Waals surface area (Å²) in [5.74, 6) is 0.486. The fourth-order valence-corrected chi connectivity index (χ4v) is 6.00. The smallest absolute Gasteiger partial charge is 0.257 e. The summed E-state index contributed by atoms with van der Waals surface area (Å²) >= 11 is 0. The largest absolute Gasteiger partial charge is 0.507 e. The summed E-state index contributed by atoms with van der Waals surface area (Å²) in [6, 6.07) is 20.9. The summed E-state index contributed by atoms with van der Waals surface area (Å²) in [6.45, 7) is 4.48. The van der Waals surface area contributed by atoms with Crippen molar-refractivity contribution in [2.45, 2.75) is 39.0 Å². The fraction of sp³-hybridized carbons (Fsp3) is 0.250. The van der Waals surface area contributed by atoms with E-state index in [-0.39, 0.29) is 11.7 Å². The first-order chi connectivity index (χ1) is 15.9. The third kappa shape index (κ3) is 4.13. The number of hydrogen-bond donors (Lipinski definition) is 2. The van der Waals surface area contributed by atoms with Crippen LogP contribution < -0.4 is 4.72 Å². The molecule has 5 rings (SSSR count). The van der Waals surface area contributed by atoms with Gasteiger partial charge in [-0.25, -0.2) is 4.21 Å². The molecule has 0 spiro atoms. The van der Waals surface area contributed by atoms with Crippen LogP contribution in [-0.2, 0) is 28.6 Å². The lowest BCUT2D eigenvalue weighted by Crippen LogP contribution is -2.16. The van der Waals surface area contributed by atoms with Gasteiger partial charge in [0, 0.05) is 17.6 Å².